The molecule has 4 aromatic rings. The lowest BCUT2D eigenvalue weighted by molar-refractivity contribution is -0.152. The van der Waals surface area contributed by atoms with Crippen molar-refractivity contribution in [3.8, 4) is 16.9 Å². The molecule has 1 heterocycles. The van der Waals surface area contributed by atoms with Crippen molar-refractivity contribution in [2.24, 2.45) is 0 Å². The number of rotatable bonds is 8. The summed E-state index contributed by atoms with van der Waals surface area (Å²) in [5, 5.41) is 7.16. The number of hydrogen-bond donors (Lipinski definition) is 1. The zero-order chi connectivity index (χ0) is 26.4. The van der Waals surface area contributed by atoms with E-state index in [4.69, 9.17) is 9.47 Å². The molecule has 188 valence electrons. The molecule has 0 spiro atoms. The molecule has 4 rings (SSSR count). The first-order valence-corrected chi connectivity index (χ1v) is 11.5. The standard InChI is InChI=1S/C28H24FN3O5/c1-3-36-28(35)24-17-25(32(31-24)23-14-12-21(29)13-15-23)20-10-7-11-22(16-20)30-27(34)26(37-18(2)33)19-8-5-4-6-9-19/h4-17,26H,3H2,1-2H3,(H,30,34). The Morgan fingerprint density at radius 3 is 2.38 bits per heavy atom. The second-order valence-electron chi connectivity index (χ2n) is 7.99. The van der Waals surface area contributed by atoms with E-state index < -0.39 is 29.8 Å². The van der Waals surface area contributed by atoms with Crippen LogP contribution in [-0.2, 0) is 19.1 Å². The highest BCUT2D eigenvalue weighted by molar-refractivity contribution is 5.96. The summed E-state index contributed by atoms with van der Waals surface area (Å²) in [5.41, 5.74) is 2.70. The Hall–Kier alpha value is -4.79. The van der Waals surface area contributed by atoms with Gasteiger partial charge in [-0.3, -0.25) is 9.59 Å². The van der Waals surface area contributed by atoms with Gasteiger partial charge in [0.2, 0.25) is 6.10 Å². The van der Waals surface area contributed by atoms with E-state index in [1.807, 2.05) is 0 Å². The molecule has 0 saturated carbocycles. The largest absolute Gasteiger partial charge is 0.461 e. The molecule has 1 atom stereocenters. The van der Waals surface area contributed by atoms with Gasteiger partial charge in [-0.05, 0) is 49.4 Å². The number of hydrogen-bond acceptors (Lipinski definition) is 6. The van der Waals surface area contributed by atoms with Gasteiger partial charge >= 0.3 is 11.9 Å². The Balaban J connectivity index is 1.68. The number of esters is 2. The van der Waals surface area contributed by atoms with E-state index >= 15 is 0 Å². The molecule has 1 aromatic heterocycles. The van der Waals surface area contributed by atoms with Crippen molar-refractivity contribution >= 4 is 23.5 Å². The molecule has 0 aliphatic heterocycles. The molecule has 9 heteroatoms. The zero-order valence-corrected chi connectivity index (χ0v) is 20.2. The average molecular weight is 502 g/mol. The summed E-state index contributed by atoms with van der Waals surface area (Å²) in [6, 6.07) is 22.8. The number of ether oxygens (including phenoxy) is 2. The predicted molar refractivity (Wildman–Crippen MR) is 134 cm³/mol. The Morgan fingerprint density at radius 1 is 0.973 bits per heavy atom. The van der Waals surface area contributed by atoms with E-state index in [1.54, 1.807) is 67.6 Å². The lowest BCUT2D eigenvalue weighted by Crippen LogP contribution is -2.25. The number of nitrogens with zero attached hydrogens (tertiary/aromatic N) is 2. The van der Waals surface area contributed by atoms with Gasteiger partial charge in [0, 0.05) is 23.7 Å². The second-order valence-corrected chi connectivity index (χ2v) is 7.99. The fraction of sp³-hybridized carbons (Fsp3) is 0.143. The van der Waals surface area contributed by atoms with Crippen LogP contribution >= 0.6 is 0 Å². The number of benzene rings is 3. The number of nitrogens with one attached hydrogen (secondary N) is 1. The Kier molecular flexibility index (Phi) is 7.73. The quantitative estimate of drug-likeness (QED) is 0.337. The van der Waals surface area contributed by atoms with Crippen molar-refractivity contribution in [1.29, 1.82) is 0 Å². The molecule has 1 amide bonds. The van der Waals surface area contributed by atoms with Crippen LogP contribution < -0.4 is 5.32 Å². The minimum Gasteiger partial charge on any atom is -0.461 e. The first-order valence-electron chi connectivity index (χ1n) is 11.5. The Bertz CT molecular complexity index is 1420. The molecule has 0 radical (unpaired) electrons. The monoisotopic (exact) mass is 501 g/mol. The SMILES string of the molecule is CCOC(=O)c1cc(-c2cccc(NC(=O)C(OC(C)=O)c3ccccc3)c2)n(-c2ccc(F)cc2)n1. The van der Waals surface area contributed by atoms with Crippen molar-refractivity contribution in [2.75, 3.05) is 11.9 Å². The fourth-order valence-corrected chi connectivity index (χ4v) is 3.70. The zero-order valence-electron chi connectivity index (χ0n) is 20.2. The minimum absolute atomic E-state index is 0.0783. The van der Waals surface area contributed by atoms with Crippen LogP contribution in [0.1, 0.15) is 36.0 Å². The van der Waals surface area contributed by atoms with E-state index in [-0.39, 0.29) is 12.3 Å². The highest BCUT2D eigenvalue weighted by Gasteiger charge is 2.24. The Morgan fingerprint density at radius 2 is 1.70 bits per heavy atom. The van der Waals surface area contributed by atoms with Gasteiger partial charge in [0.15, 0.2) is 5.69 Å². The summed E-state index contributed by atoms with van der Waals surface area (Å²) in [6.45, 7) is 3.12. The smallest absolute Gasteiger partial charge is 0.358 e. The van der Waals surface area contributed by atoms with Gasteiger partial charge in [0.05, 0.1) is 18.0 Å². The molecule has 1 unspecified atom stereocenters. The molecular weight excluding hydrogens is 477 g/mol. The van der Waals surface area contributed by atoms with Gasteiger partial charge < -0.3 is 14.8 Å². The fourth-order valence-electron chi connectivity index (χ4n) is 3.70. The van der Waals surface area contributed by atoms with Crippen LogP contribution in [0.4, 0.5) is 10.1 Å². The highest BCUT2D eigenvalue weighted by atomic mass is 19.1. The van der Waals surface area contributed by atoms with Crippen LogP contribution in [0.2, 0.25) is 0 Å². The van der Waals surface area contributed by atoms with Crippen LogP contribution in [-0.4, -0.2) is 34.2 Å². The van der Waals surface area contributed by atoms with E-state index in [9.17, 15) is 18.8 Å². The summed E-state index contributed by atoms with van der Waals surface area (Å²) in [6.07, 6.45) is -1.14. The van der Waals surface area contributed by atoms with Crippen molar-refractivity contribution in [3.05, 3.63) is 102 Å². The molecule has 3 aromatic carbocycles. The van der Waals surface area contributed by atoms with Crippen LogP contribution in [0, 0.1) is 5.82 Å². The maximum Gasteiger partial charge on any atom is 0.358 e. The van der Waals surface area contributed by atoms with Crippen LogP contribution in [0.25, 0.3) is 16.9 Å². The van der Waals surface area contributed by atoms with Crippen molar-refractivity contribution in [2.45, 2.75) is 20.0 Å². The second kappa shape index (κ2) is 11.3. The molecule has 0 saturated heterocycles. The van der Waals surface area contributed by atoms with Gasteiger partial charge in [-0.15, -0.1) is 0 Å². The van der Waals surface area contributed by atoms with E-state index in [2.05, 4.69) is 10.4 Å². The highest BCUT2D eigenvalue weighted by Crippen LogP contribution is 2.28. The normalized spacial score (nSPS) is 11.4. The van der Waals surface area contributed by atoms with E-state index in [0.717, 1.165) is 0 Å². The summed E-state index contributed by atoms with van der Waals surface area (Å²) >= 11 is 0. The number of anilines is 1. The minimum atomic E-state index is -1.14. The van der Waals surface area contributed by atoms with Crippen LogP contribution in [0.5, 0.6) is 0 Å². The number of halogens is 1. The number of aromatic nitrogens is 2. The Labute approximate surface area is 212 Å². The van der Waals surface area contributed by atoms with Gasteiger partial charge in [-0.1, -0.05) is 42.5 Å². The summed E-state index contributed by atoms with van der Waals surface area (Å²) in [5.74, 6) is -2.13. The summed E-state index contributed by atoms with van der Waals surface area (Å²) < 4.78 is 25.4. The van der Waals surface area contributed by atoms with E-state index in [0.29, 0.717) is 28.2 Å². The molecule has 0 bridgehead atoms. The van der Waals surface area contributed by atoms with Gasteiger partial charge in [-0.2, -0.15) is 5.10 Å². The topological polar surface area (TPSA) is 99.5 Å². The van der Waals surface area contributed by atoms with Gasteiger partial charge in [0.25, 0.3) is 5.91 Å². The summed E-state index contributed by atoms with van der Waals surface area (Å²) in [7, 11) is 0. The third-order valence-corrected chi connectivity index (χ3v) is 5.32. The maximum absolute atomic E-state index is 13.5. The van der Waals surface area contributed by atoms with Crippen molar-refractivity contribution in [1.82, 2.24) is 9.78 Å². The number of amides is 1. The molecule has 0 aliphatic carbocycles. The maximum atomic E-state index is 13.5. The van der Waals surface area contributed by atoms with Crippen molar-refractivity contribution in [3.63, 3.8) is 0 Å². The first-order chi connectivity index (χ1) is 17.9. The lowest BCUT2D eigenvalue weighted by atomic mass is 10.1. The van der Waals surface area contributed by atoms with Crippen LogP contribution in [0.3, 0.4) is 0 Å². The molecule has 8 nitrogen and oxygen atoms in total. The summed E-state index contributed by atoms with van der Waals surface area (Å²) in [4.78, 5) is 37.1. The predicted octanol–water partition coefficient (Wildman–Crippen LogP) is 5.10. The van der Waals surface area contributed by atoms with E-state index in [1.165, 1.54) is 35.9 Å². The van der Waals surface area contributed by atoms with Gasteiger partial charge in [-0.25, -0.2) is 13.9 Å². The van der Waals surface area contributed by atoms with Crippen LogP contribution in [0.15, 0.2) is 84.9 Å². The first kappa shape index (κ1) is 25.3. The average Bonchev–Trinajstić information content (AvgIpc) is 3.34. The molecule has 1 N–H and O–H groups in total. The lowest BCUT2D eigenvalue weighted by Gasteiger charge is -2.17. The third-order valence-electron chi connectivity index (χ3n) is 5.32. The molecule has 0 aliphatic rings. The van der Waals surface area contributed by atoms with Gasteiger partial charge in [0.1, 0.15) is 5.82 Å². The molecule has 0 fully saturated rings. The number of carbonyl (C=O) groups is 3. The van der Waals surface area contributed by atoms with Crippen molar-refractivity contribution < 1.29 is 28.2 Å². The third kappa shape index (κ3) is 6.07. The molecule has 37 heavy (non-hydrogen) atoms. The number of carbonyl (C=O) groups excluding carboxylic acids is 3. The molecular formula is C28H24FN3O5.